The molecule has 0 aliphatic carbocycles. The van der Waals surface area contributed by atoms with Crippen LogP contribution in [0.3, 0.4) is 0 Å². The van der Waals surface area contributed by atoms with Gasteiger partial charge in [-0.2, -0.15) is 13.2 Å². The van der Waals surface area contributed by atoms with Crippen LogP contribution in [0.25, 0.3) is 0 Å². The maximum absolute atomic E-state index is 11.6. The average molecular weight is 213 g/mol. The average Bonchev–Trinajstić information content (AvgIpc) is 2.07. The summed E-state index contributed by atoms with van der Waals surface area (Å²) in [6.07, 6.45) is -4.65. The number of halogens is 3. The first kappa shape index (κ1) is 13.2. The van der Waals surface area contributed by atoms with Gasteiger partial charge in [0.25, 0.3) is 0 Å². The van der Waals surface area contributed by atoms with Crippen LogP contribution in [0, 0.1) is 0 Å². The molecule has 6 heteroatoms. The maximum Gasteiger partial charge on any atom is 0.389 e. The topological polar surface area (TPSA) is 49.3 Å². The molecule has 0 aliphatic heterocycles. The summed E-state index contributed by atoms with van der Waals surface area (Å²) in [4.78, 5) is 10.8. The molecular weight excluding hydrogens is 199 g/mol. The van der Waals surface area contributed by atoms with Crippen LogP contribution < -0.4 is 5.32 Å². The highest BCUT2D eigenvalue weighted by Crippen LogP contribution is 2.20. The molecule has 0 unspecified atom stereocenters. The second kappa shape index (κ2) is 6.64. The smallest absolute Gasteiger partial charge is 0.389 e. The number of hydrogen-bond acceptors (Lipinski definition) is 2. The SMILES string of the molecule is O=C(CCCO)NCCCC(F)(F)F. The normalized spacial score (nSPS) is 11.4. The van der Waals surface area contributed by atoms with Gasteiger partial charge in [-0.05, 0) is 12.8 Å². The molecule has 84 valence electrons. The van der Waals surface area contributed by atoms with Crippen LogP contribution in [0.15, 0.2) is 0 Å². The van der Waals surface area contributed by atoms with E-state index in [0.717, 1.165) is 0 Å². The summed E-state index contributed by atoms with van der Waals surface area (Å²) >= 11 is 0. The minimum atomic E-state index is -4.16. The summed E-state index contributed by atoms with van der Waals surface area (Å²) in [6, 6.07) is 0. The number of aliphatic hydroxyl groups excluding tert-OH is 1. The zero-order valence-corrected chi connectivity index (χ0v) is 7.73. The number of alkyl halides is 3. The second-order valence-electron chi connectivity index (χ2n) is 2.90. The molecule has 0 aliphatic rings. The number of carbonyl (C=O) groups is 1. The third-order valence-corrected chi connectivity index (χ3v) is 1.52. The van der Waals surface area contributed by atoms with Gasteiger partial charge in [0.15, 0.2) is 0 Å². The van der Waals surface area contributed by atoms with Crippen molar-refractivity contribution in [2.45, 2.75) is 31.9 Å². The Morgan fingerprint density at radius 3 is 2.43 bits per heavy atom. The molecule has 0 fully saturated rings. The van der Waals surface area contributed by atoms with Crippen molar-refractivity contribution in [2.75, 3.05) is 13.2 Å². The molecule has 0 saturated carbocycles. The molecule has 1 amide bonds. The largest absolute Gasteiger partial charge is 0.396 e. The van der Waals surface area contributed by atoms with Crippen molar-refractivity contribution in [3.8, 4) is 0 Å². The molecule has 14 heavy (non-hydrogen) atoms. The van der Waals surface area contributed by atoms with Gasteiger partial charge in [-0.25, -0.2) is 0 Å². The first-order valence-electron chi connectivity index (χ1n) is 4.40. The number of nitrogens with one attached hydrogen (secondary N) is 1. The van der Waals surface area contributed by atoms with Gasteiger partial charge in [0, 0.05) is 26.0 Å². The lowest BCUT2D eigenvalue weighted by Gasteiger charge is -2.06. The lowest BCUT2D eigenvalue weighted by Crippen LogP contribution is -2.25. The van der Waals surface area contributed by atoms with Crippen molar-refractivity contribution in [3.05, 3.63) is 0 Å². The van der Waals surface area contributed by atoms with Crippen molar-refractivity contribution in [1.29, 1.82) is 0 Å². The van der Waals surface area contributed by atoms with Crippen LogP contribution in [0.4, 0.5) is 13.2 Å². The van der Waals surface area contributed by atoms with Crippen LogP contribution >= 0.6 is 0 Å². The molecular formula is C8H14F3NO2. The van der Waals surface area contributed by atoms with E-state index in [1.807, 2.05) is 0 Å². The van der Waals surface area contributed by atoms with Gasteiger partial charge >= 0.3 is 6.18 Å². The van der Waals surface area contributed by atoms with Crippen molar-refractivity contribution in [1.82, 2.24) is 5.32 Å². The summed E-state index contributed by atoms with van der Waals surface area (Å²) in [6.45, 7) is -0.0558. The molecule has 0 rings (SSSR count). The highest BCUT2D eigenvalue weighted by atomic mass is 19.4. The van der Waals surface area contributed by atoms with E-state index in [2.05, 4.69) is 5.32 Å². The molecule has 0 atom stereocenters. The Labute approximate surface area is 80.3 Å². The number of aliphatic hydroxyl groups is 1. The number of carbonyl (C=O) groups excluding carboxylic acids is 1. The van der Waals surface area contributed by atoms with Gasteiger partial charge in [-0.1, -0.05) is 0 Å². The first-order chi connectivity index (χ1) is 6.45. The van der Waals surface area contributed by atoms with Crippen LogP contribution in [0.2, 0.25) is 0 Å². The predicted molar refractivity (Wildman–Crippen MR) is 44.6 cm³/mol. The second-order valence-corrected chi connectivity index (χ2v) is 2.90. The summed E-state index contributed by atoms with van der Waals surface area (Å²) in [7, 11) is 0. The predicted octanol–water partition coefficient (Wildman–Crippen LogP) is 1.22. The molecule has 3 nitrogen and oxygen atoms in total. The van der Waals surface area contributed by atoms with E-state index in [-0.39, 0.29) is 31.9 Å². The van der Waals surface area contributed by atoms with E-state index in [1.165, 1.54) is 0 Å². The first-order valence-corrected chi connectivity index (χ1v) is 4.40. The van der Waals surface area contributed by atoms with Crippen LogP contribution in [-0.2, 0) is 4.79 Å². The molecule has 0 aromatic heterocycles. The Morgan fingerprint density at radius 2 is 1.93 bits per heavy atom. The standard InChI is InChI=1S/C8H14F3NO2/c9-8(10,11)4-2-5-12-7(14)3-1-6-13/h13H,1-6H2,(H,12,14). The van der Waals surface area contributed by atoms with Gasteiger partial charge in [-0.3, -0.25) is 4.79 Å². The fraction of sp³-hybridized carbons (Fsp3) is 0.875. The zero-order valence-electron chi connectivity index (χ0n) is 7.73. The van der Waals surface area contributed by atoms with E-state index < -0.39 is 12.6 Å². The molecule has 0 heterocycles. The summed E-state index contributed by atoms with van der Waals surface area (Å²) in [5.74, 6) is -0.318. The molecule has 0 aromatic rings. The lowest BCUT2D eigenvalue weighted by atomic mass is 10.3. The molecule has 0 radical (unpaired) electrons. The van der Waals surface area contributed by atoms with Crippen LogP contribution in [0.1, 0.15) is 25.7 Å². The Hall–Kier alpha value is -0.780. The van der Waals surface area contributed by atoms with E-state index in [1.54, 1.807) is 0 Å². The fourth-order valence-corrected chi connectivity index (χ4v) is 0.845. The third-order valence-electron chi connectivity index (χ3n) is 1.52. The molecule has 0 bridgehead atoms. The summed E-state index contributed by atoms with van der Waals surface area (Å²) < 4.78 is 34.9. The molecule has 2 N–H and O–H groups in total. The van der Waals surface area contributed by atoms with Gasteiger partial charge in [0.2, 0.25) is 5.91 Å². The van der Waals surface area contributed by atoms with Gasteiger partial charge in [-0.15, -0.1) is 0 Å². The van der Waals surface area contributed by atoms with Gasteiger partial charge in [0.05, 0.1) is 0 Å². The van der Waals surface area contributed by atoms with Crippen molar-refractivity contribution >= 4 is 5.91 Å². The Morgan fingerprint density at radius 1 is 1.29 bits per heavy atom. The summed E-state index contributed by atoms with van der Waals surface area (Å²) in [5, 5.41) is 10.7. The van der Waals surface area contributed by atoms with Gasteiger partial charge < -0.3 is 10.4 Å². The monoisotopic (exact) mass is 213 g/mol. The van der Waals surface area contributed by atoms with Crippen LogP contribution in [-0.4, -0.2) is 30.3 Å². The van der Waals surface area contributed by atoms with Crippen molar-refractivity contribution in [2.24, 2.45) is 0 Å². The van der Waals surface area contributed by atoms with E-state index in [9.17, 15) is 18.0 Å². The molecule has 0 spiro atoms. The summed E-state index contributed by atoms with van der Waals surface area (Å²) in [5.41, 5.74) is 0. The van der Waals surface area contributed by atoms with Crippen molar-refractivity contribution in [3.63, 3.8) is 0 Å². The number of amides is 1. The minimum absolute atomic E-state index is 0.0315. The lowest BCUT2D eigenvalue weighted by molar-refractivity contribution is -0.136. The molecule has 0 saturated heterocycles. The Balaban J connectivity index is 3.32. The van der Waals surface area contributed by atoms with E-state index >= 15 is 0 Å². The number of rotatable bonds is 6. The number of hydrogen-bond donors (Lipinski definition) is 2. The van der Waals surface area contributed by atoms with Crippen LogP contribution in [0.5, 0.6) is 0 Å². The van der Waals surface area contributed by atoms with Crippen molar-refractivity contribution < 1.29 is 23.1 Å². The molecule has 0 aromatic carbocycles. The van der Waals surface area contributed by atoms with E-state index in [4.69, 9.17) is 5.11 Å². The quantitative estimate of drug-likeness (QED) is 0.652. The fourth-order valence-electron chi connectivity index (χ4n) is 0.845. The maximum atomic E-state index is 11.6. The zero-order chi connectivity index (χ0) is 11.0. The highest BCUT2D eigenvalue weighted by molar-refractivity contribution is 5.75. The Kier molecular flexibility index (Phi) is 6.27. The van der Waals surface area contributed by atoms with Gasteiger partial charge in [0.1, 0.15) is 0 Å². The highest BCUT2D eigenvalue weighted by Gasteiger charge is 2.25. The minimum Gasteiger partial charge on any atom is -0.396 e. The third kappa shape index (κ3) is 9.31. The van der Waals surface area contributed by atoms with E-state index in [0.29, 0.717) is 6.42 Å². The Bertz CT molecular complexity index is 170.